The van der Waals surface area contributed by atoms with Gasteiger partial charge in [-0.1, -0.05) is 0 Å². The van der Waals surface area contributed by atoms with Crippen LogP contribution >= 0.6 is 0 Å². The summed E-state index contributed by atoms with van der Waals surface area (Å²) in [6, 6.07) is 0. The zero-order valence-corrected chi connectivity index (χ0v) is 18.1. The molecule has 18 heavy (non-hydrogen) atoms. The number of rotatable bonds is 5. The summed E-state index contributed by atoms with van der Waals surface area (Å²) < 4.78 is 0. The minimum absolute atomic E-state index is 0.849. The third-order valence-corrected chi connectivity index (χ3v) is 10.8. The first-order valence-electron chi connectivity index (χ1n) is 6.45. The van der Waals surface area contributed by atoms with Gasteiger partial charge in [0.05, 0.1) is 0 Å². The summed E-state index contributed by atoms with van der Waals surface area (Å²) in [6.07, 6.45) is 2.26. The molecule has 0 rings (SSSR count). The van der Waals surface area contributed by atoms with Crippen LogP contribution in [0.1, 0.15) is 12.8 Å². The fourth-order valence-electron chi connectivity index (χ4n) is 0.959. The monoisotopic (exact) mass is 410 g/mol. The summed E-state index contributed by atoms with van der Waals surface area (Å²) in [5.41, 5.74) is 6.88. The summed E-state index contributed by atoms with van der Waals surface area (Å²) in [6.45, 7) is 13.9. The van der Waals surface area contributed by atoms with Gasteiger partial charge in [-0.3, -0.25) is 0 Å². The first kappa shape index (κ1) is 18.6. The molecule has 0 aromatic heterocycles. The van der Waals surface area contributed by atoms with Crippen molar-refractivity contribution >= 4 is 42.4 Å². The second-order valence-electron chi connectivity index (χ2n) is 6.25. The van der Waals surface area contributed by atoms with Gasteiger partial charge in [-0.15, -0.1) is 0 Å². The van der Waals surface area contributed by atoms with Crippen molar-refractivity contribution < 1.29 is 0 Å². The molecule has 0 aromatic rings. The third kappa shape index (κ3) is 16.6. The van der Waals surface area contributed by atoms with Gasteiger partial charge in [-0.05, 0) is 0 Å². The van der Waals surface area contributed by atoms with E-state index in [4.69, 9.17) is 0 Å². The third-order valence-electron chi connectivity index (χ3n) is 1.63. The van der Waals surface area contributed by atoms with Crippen LogP contribution in [0.15, 0.2) is 0 Å². The van der Waals surface area contributed by atoms with Crippen LogP contribution in [0, 0.1) is 22.9 Å². The Morgan fingerprint density at radius 2 is 1.00 bits per heavy atom. The average molecular weight is 408 g/mol. The molecule has 4 heteroatoms. The Morgan fingerprint density at radius 1 is 0.667 bits per heavy atom. The Balaban J connectivity index is 3.47. The molecule has 0 atom stereocenters. The Bertz CT molecular complexity index is 306. The second-order valence-corrected chi connectivity index (χ2v) is 23.6. The van der Waals surface area contributed by atoms with Gasteiger partial charge in [0.2, 0.25) is 0 Å². The van der Waals surface area contributed by atoms with Gasteiger partial charge in [0.1, 0.15) is 0 Å². The van der Waals surface area contributed by atoms with Crippen LogP contribution in [0.3, 0.4) is 0 Å². The zero-order valence-electron chi connectivity index (χ0n) is 12.6. The van der Waals surface area contributed by atoms with Gasteiger partial charge in [0.25, 0.3) is 0 Å². The predicted molar refractivity (Wildman–Crippen MR) is 92.6 cm³/mol. The molecule has 0 bridgehead atoms. The van der Waals surface area contributed by atoms with Crippen molar-refractivity contribution in [3.8, 4) is 22.9 Å². The summed E-state index contributed by atoms with van der Waals surface area (Å²) >= 11 is 1.70. The van der Waals surface area contributed by atoms with Gasteiger partial charge in [0.15, 0.2) is 0 Å². The summed E-state index contributed by atoms with van der Waals surface area (Å²) in [5.74, 6) is 6.72. The van der Waals surface area contributed by atoms with Gasteiger partial charge in [0, 0.05) is 0 Å². The van der Waals surface area contributed by atoms with E-state index in [-0.39, 0.29) is 0 Å². The van der Waals surface area contributed by atoms with Gasteiger partial charge in [-0.2, -0.15) is 0 Å². The molecule has 0 nitrogen and oxygen atoms in total. The van der Waals surface area contributed by atoms with Crippen molar-refractivity contribution in [2.75, 3.05) is 0 Å². The molecule has 0 amide bonds. The van der Waals surface area contributed by atoms with E-state index >= 15 is 0 Å². The maximum absolute atomic E-state index is 3.44. The molecule has 0 fully saturated rings. The molecule has 0 aromatic carbocycles. The van der Waals surface area contributed by atoms with Crippen LogP contribution in [0.5, 0.6) is 0 Å². The average Bonchev–Trinajstić information content (AvgIpc) is 2.17. The fourth-order valence-corrected chi connectivity index (χ4v) is 7.93. The second kappa shape index (κ2) is 9.49. The number of hydrogen-bond acceptors (Lipinski definition) is 0. The van der Waals surface area contributed by atoms with E-state index in [1.807, 2.05) is 0 Å². The first-order chi connectivity index (χ1) is 8.21. The standard InChI is InChI=1S/C14H26Se2Si2/c1-17(2,3)13-9-7-11-15-16-12-8-10-14-18(4,5)6/h7-8,11-12H2,1-6H3. The molecular weight excluding hydrogens is 382 g/mol. The molecule has 0 spiro atoms. The molecule has 0 unspecified atom stereocenters. The molecule has 0 heterocycles. The van der Waals surface area contributed by atoms with E-state index in [0.29, 0.717) is 0 Å². The van der Waals surface area contributed by atoms with Crippen molar-refractivity contribution in [1.29, 1.82) is 0 Å². The van der Waals surface area contributed by atoms with E-state index in [9.17, 15) is 0 Å². The van der Waals surface area contributed by atoms with Crippen LogP contribution in [-0.4, -0.2) is 42.4 Å². The topological polar surface area (TPSA) is 0 Å². The Morgan fingerprint density at radius 3 is 1.28 bits per heavy atom. The molecule has 0 saturated heterocycles. The summed E-state index contributed by atoms with van der Waals surface area (Å²) in [5, 5.41) is 2.71. The Kier molecular flexibility index (Phi) is 9.80. The number of hydrogen-bond donors (Lipinski definition) is 0. The summed E-state index contributed by atoms with van der Waals surface area (Å²) in [7, 11) is -2.25. The van der Waals surface area contributed by atoms with Crippen molar-refractivity contribution in [2.24, 2.45) is 0 Å². The summed E-state index contributed by atoms with van der Waals surface area (Å²) in [4.78, 5) is 0. The molecule has 0 N–H and O–H groups in total. The SMILES string of the molecule is C[Si](C)(C)C#CCC[Se][Se]CCC#C[Si](C)(C)C. The van der Waals surface area contributed by atoms with Crippen LogP contribution in [0.4, 0.5) is 0 Å². The quantitative estimate of drug-likeness (QED) is 0.370. The minimum atomic E-state index is -1.12. The van der Waals surface area contributed by atoms with E-state index in [1.54, 1.807) is 0 Å². The van der Waals surface area contributed by atoms with Crippen molar-refractivity contribution in [3.05, 3.63) is 0 Å². The van der Waals surface area contributed by atoms with Crippen LogP contribution < -0.4 is 0 Å². The molecular formula is C14H26Se2Si2. The molecule has 0 radical (unpaired) electrons. The van der Waals surface area contributed by atoms with Crippen LogP contribution in [-0.2, 0) is 0 Å². The van der Waals surface area contributed by atoms with Gasteiger partial charge in [-0.25, -0.2) is 0 Å². The zero-order chi connectivity index (χ0) is 14.1. The molecule has 0 aliphatic carbocycles. The van der Waals surface area contributed by atoms with E-state index in [2.05, 4.69) is 62.2 Å². The van der Waals surface area contributed by atoms with Crippen molar-refractivity contribution in [1.82, 2.24) is 0 Å². The molecule has 0 saturated carbocycles. The molecule has 0 aliphatic heterocycles. The fraction of sp³-hybridized carbons (Fsp3) is 0.714. The predicted octanol–water partition coefficient (Wildman–Crippen LogP) is 3.69. The van der Waals surface area contributed by atoms with Crippen molar-refractivity contribution in [2.45, 2.75) is 62.8 Å². The normalized spacial score (nSPS) is 11.2. The van der Waals surface area contributed by atoms with Gasteiger partial charge < -0.3 is 0 Å². The van der Waals surface area contributed by atoms with E-state index in [1.165, 1.54) is 10.6 Å². The van der Waals surface area contributed by atoms with Crippen molar-refractivity contribution in [3.63, 3.8) is 0 Å². The van der Waals surface area contributed by atoms with Gasteiger partial charge >= 0.3 is 128 Å². The van der Waals surface area contributed by atoms with E-state index in [0.717, 1.165) is 39.1 Å². The Hall–Kier alpha value is 0.593. The molecule has 0 aliphatic rings. The van der Waals surface area contributed by atoms with Crippen LogP contribution in [0.25, 0.3) is 0 Å². The maximum atomic E-state index is 3.44. The first-order valence-corrected chi connectivity index (χ1v) is 20.2. The Labute approximate surface area is 127 Å². The van der Waals surface area contributed by atoms with E-state index < -0.39 is 16.1 Å². The van der Waals surface area contributed by atoms with Crippen LogP contribution in [0.2, 0.25) is 49.9 Å². The molecule has 102 valence electrons.